The fourth-order valence-corrected chi connectivity index (χ4v) is 1.78. The number of carbonyl (C=O) groups is 2. The van der Waals surface area contributed by atoms with Crippen LogP contribution in [0.5, 0.6) is 0 Å². The van der Waals surface area contributed by atoms with E-state index in [1.165, 1.54) is 7.11 Å². The molecule has 5 heteroatoms. The van der Waals surface area contributed by atoms with Gasteiger partial charge in [-0.3, -0.25) is 4.79 Å². The number of aldehydes is 1. The molecule has 0 N–H and O–H groups in total. The number of ether oxygens (including phenoxy) is 1. The van der Waals surface area contributed by atoms with Crippen LogP contribution in [0.4, 0.5) is 0 Å². The Morgan fingerprint density at radius 3 is 2.78 bits per heavy atom. The zero-order valence-electron chi connectivity index (χ0n) is 9.97. The summed E-state index contributed by atoms with van der Waals surface area (Å²) in [5.74, 6) is -0.369. The molecule has 5 nitrogen and oxygen atoms in total. The Balaban J connectivity index is 2.67. The van der Waals surface area contributed by atoms with Gasteiger partial charge in [-0.15, -0.1) is 0 Å². The van der Waals surface area contributed by atoms with Crippen molar-refractivity contribution < 1.29 is 18.8 Å². The van der Waals surface area contributed by atoms with Gasteiger partial charge in [0, 0.05) is 5.56 Å². The first-order chi connectivity index (χ1) is 8.69. The van der Waals surface area contributed by atoms with Crippen LogP contribution in [-0.4, -0.2) is 24.5 Å². The van der Waals surface area contributed by atoms with Gasteiger partial charge in [-0.25, -0.2) is 4.79 Å². The average Bonchev–Trinajstić information content (AvgIpc) is 2.78. The molecule has 0 saturated carbocycles. The number of hydrogen-bond acceptors (Lipinski definition) is 5. The minimum atomic E-state index is -0.469. The summed E-state index contributed by atoms with van der Waals surface area (Å²) in [6.45, 7) is 1.71. The second-order valence-electron chi connectivity index (χ2n) is 3.66. The maximum absolute atomic E-state index is 11.7. The summed E-state index contributed by atoms with van der Waals surface area (Å²) in [6.07, 6.45) is 0.573. The molecule has 0 atom stereocenters. The topological polar surface area (TPSA) is 69.4 Å². The lowest BCUT2D eigenvalue weighted by atomic mass is 9.98. The summed E-state index contributed by atoms with van der Waals surface area (Å²) in [5, 5.41) is 3.73. The minimum absolute atomic E-state index is 0.101. The molecule has 18 heavy (non-hydrogen) atoms. The number of aromatic nitrogens is 1. The molecular formula is C13H11NO4. The lowest BCUT2D eigenvalue weighted by molar-refractivity contribution is 0.0601. The van der Waals surface area contributed by atoms with Crippen molar-refractivity contribution in [3.8, 4) is 11.1 Å². The highest BCUT2D eigenvalue weighted by molar-refractivity contribution is 5.99. The Labute approximate surface area is 103 Å². The molecule has 1 aromatic carbocycles. The van der Waals surface area contributed by atoms with Crippen molar-refractivity contribution in [2.75, 3.05) is 7.11 Å². The first kappa shape index (κ1) is 12.0. The predicted molar refractivity (Wildman–Crippen MR) is 63.4 cm³/mol. The SMILES string of the molecule is COC(=O)c1ccccc1-c1c(C)noc1C=O. The van der Waals surface area contributed by atoms with Gasteiger partial charge < -0.3 is 9.26 Å². The van der Waals surface area contributed by atoms with E-state index in [-0.39, 0.29) is 5.76 Å². The van der Waals surface area contributed by atoms with Crippen molar-refractivity contribution >= 4 is 12.3 Å². The van der Waals surface area contributed by atoms with E-state index in [0.29, 0.717) is 28.7 Å². The number of methoxy groups -OCH3 is 1. The van der Waals surface area contributed by atoms with Gasteiger partial charge in [0.15, 0.2) is 6.29 Å². The summed E-state index contributed by atoms with van der Waals surface area (Å²) in [4.78, 5) is 22.6. The predicted octanol–water partition coefficient (Wildman–Crippen LogP) is 2.25. The van der Waals surface area contributed by atoms with E-state index in [2.05, 4.69) is 5.16 Å². The van der Waals surface area contributed by atoms with E-state index >= 15 is 0 Å². The van der Waals surface area contributed by atoms with Crippen LogP contribution >= 0.6 is 0 Å². The molecule has 92 valence electrons. The van der Waals surface area contributed by atoms with E-state index < -0.39 is 5.97 Å². The van der Waals surface area contributed by atoms with Crippen molar-refractivity contribution in [1.82, 2.24) is 5.16 Å². The number of carbonyl (C=O) groups excluding carboxylic acids is 2. The normalized spacial score (nSPS) is 10.1. The Morgan fingerprint density at radius 2 is 2.11 bits per heavy atom. The number of benzene rings is 1. The van der Waals surface area contributed by atoms with Gasteiger partial charge in [0.2, 0.25) is 5.76 Å². The van der Waals surface area contributed by atoms with Crippen LogP contribution in [0.15, 0.2) is 28.8 Å². The van der Waals surface area contributed by atoms with Gasteiger partial charge in [-0.2, -0.15) is 0 Å². The number of nitrogens with zero attached hydrogens (tertiary/aromatic N) is 1. The van der Waals surface area contributed by atoms with Crippen LogP contribution in [0.2, 0.25) is 0 Å². The van der Waals surface area contributed by atoms with E-state index in [1.807, 2.05) is 0 Å². The van der Waals surface area contributed by atoms with Gasteiger partial charge >= 0.3 is 5.97 Å². The first-order valence-electron chi connectivity index (χ1n) is 5.28. The average molecular weight is 245 g/mol. The molecule has 0 aliphatic carbocycles. The van der Waals surface area contributed by atoms with Crippen LogP contribution < -0.4 is 0 Å². The first-order valence-corrected chi connectivity index (χ1v) is 5.28. The van der Waals surface area contributed by atoms with Crippen LogP contribution in [0.25, 0.3) is 11.1 Å². The maximum Gasteiger partial charge on any atom is 0.338 e. The highest BCUT2D eigenvalue weighted by Gasteiger charge is 2.20. The molecule has 0 radical (unpaired) electrons. The van der Waals surface area contributed by atoms with Gasteiger partial charge in [0.25, 0.3) is 0 Å². The molecule has 0 fully saturated rings. The third-order valence-electron chi connectivity index (χ3n) is 2.60. The van der Waals surface area contributed by atoms with Crippen molar-refractivity contribution in [1.29, 1.82) is 0 Å². The smallest absolute Gasteiger partial charge is 0.338 e. The van der Waals surface area contributed by atoms with E-state index in [1.54, 1.807) is 31.2 Å². The molecule has 0 amide bonds. The fraction of sp³-hybridized carbons (Fsp3) is 0.154. The van der Waals surface area contributed by atoms with Crippen LogP contribution in [0.3, 0.4) is 0 Å². The Hall–Kier alpha value is -2.43. The summed E-state index contributed by atoms with van der Waals surface area (Å²) in [5.41, 5.74) is 2.01. The number of aryl methyl sites for hydroxylation is 1. The molecule has 0 aliphatic rings. The third kappa shape index (κ3) is 1.90. The highest BCUT2D eigenvalue weighted by atomic mass is 16.5. The number of hydrogen-bond donors (Lipinski definition) is 0. The van der Waals surface area contributed by atoms with Gasteiger partial charge in [-0.05, 0) is 13.0 Å². The second kappa shape index (κ2) is 4.83. The Bertz CT molecular complexity index is 601. The maximum atomic E-state index is 11.7. The molecule has 0 spiro atoms. The minimum Gasteiger partial charge on any atom is -0.465 e. The zero-order valence-corrected chi connectivity index (χ0v) is 9.97. The molecule has 0 aliphatic heterocycles. The van der Waals surface area contributed by atoms with Crippen LogP contribution in [-0.2, 0) is 4.74 Å². The molecule has 2 aromatic rings. The lowest BCUT2D eigenvalue weighted by Crippen LogP contribution is -2.04. The van der Waals surface area contributed by atoms with Crippen molar-refractivity contribution in [2.45, 2.75) is 6.92 Å². The molecule has 1 aromatic heterocycles. The van der Waals surface area contributed by atoms with Gasteiger partial charge in [0.1, 0.15) is 0 Å². The number of rotatable bonds is 3. The monoisotopic (exact) mass is 245 g/mol. The van der Waals surface area contributed by atoms with Gasteiger partial charge in [-0.1, -0.05) is 23.4 Å². The lowest BCUT2D eigenvalue weighted by Gasteiger charge is -2.06. The third-order valence-corrected chi connectivity index (χ3v) is 2.60. The molecule has 0 saturated heterocycles. The summed E-state index contributed by atoms with van der Waals surface area (Å²) >= 11 is 0. The van der Waals surface area contributed by atoms with E-state index in [9.17, 15) is 9.59 Å². The van der Waals surface area contributed by atoms with E-state index in [4.69, 9.17) is 9.26 Å². The molecule has 1 heterocycles. The standard InChI is InChI=1S/C13H11NO4/c1-8-12(11(7-15)18-14-8)9-5-3-4-6-10(9)13(16)17-2/h3-7H,1-2H3. The Kier molecular flexibility index (Phi) is 3.23. The van der Waals surface area contributed by atoms with Crippen molar-refractivity contribution in [2.24, 2.45) is 0 Å². The van der Waals surface area contributed by atoms with Crippen LogP contribution in [0, 0.1) is 6.92 Å². The largest absolute Gasteiger partial charge is 0.465 e. The second-order valence-corrected chi connectivity index (χ2v) is 3.66. The van der Waals surface area contributed by atoms with Crippen LogP contribution in [0.1, 0.15) is 26.6 Å². The quantitative estimate of drug-likeness (QED) is 0.612. The highest BCUT2D eigenvalue weighted by Crippen LogP contribution is 2.29. The molecular weight excluding hydrogens is 234 g/mol. The molecule has 0 unspecified atom stereocenters. The van der Waals surface area contributed by atoms with E-state index in [0.717, 1.165) is 0 Å². The Morgan fingerprint density at radius 1 is 1.39 bits per heavy atom. The molecule has 0 bridgehead atoms. The van der Waals surface area contributed by atoms with Crippen molar-refractivity contribution in [3.05, 3.63) is 41.3 Å². The summed E-state index contributed by atoms with van der Waals surface area (Å²) in [6, 6.07) is 6.84. The summed E-state index contributed by atoms with van der Waals surface area (Å²) in [7, 11) is 1.31. The number of esters is 1. The fourth-order valence-electron chi connectivity index (χ4n) is 1.78. The van der Waals surface area contributed by atoms with Gasteiger partial charge in [0.05, 0.1) is 23.9 Å². The summed E-state index contributed by atoms with van der Waals surface area (Å²) < 4.78 is 9.61. The molecule has 2 rings (SSSR count). The zero-order chi connectivity index (χ0) is 13.1. The van der Waals surface area contributed by atoms with Crippen molar-refractivity contribution in [3.63, 3.8) is 0 Å².